The zero-order valence-electron chi connectivity index (χ0n) is 29.7. The van der Waals surface area contributed by atoms with E-state index in [1.54, 1.807) is 36.1 Å². The number of carbonyl (C=O) groups excluding carboxylic acids is 3. The van der Waals surface area contributed by atoms with Crippen molar-refractivity contribution in [3.8, 4) is 28.1 Å². The van der Waals surface area contributed by atoms with Crippen LogP contribution in [0.15, 0.2) is 48.7 Å². The van der Waals surface area contributed by atoms with E-state index in [2.05, 4.69) is 30.8 Å². The minimum Gasteiger partial charge on any atom is -0.496 e. The highest BCUT2D eigenvalue weighted by molar-refractivity contribution is 6.39. The van der Waals surface area contributed by atoms with Crippen LogP contribution in [0, 0.1) is 0 Å². The van der Waals surface area contributed by atoms with Gasteiger partial charge in [0.15, 0.2) is 5.82 Å². The number of pyridine rings is 1. The van der Waals surface area contributed by atoms with Crippen LogP contribution in [0.1, 0.15) is 40.4 Å². The number of aromatic nitrogens is 3. The molecule has 2 fully saturated rings. The third kappa shape index (κ3) is 8.04. The van der Waals surface area contributed by atoms with E-state index in [1.807, 2.05) is 36.2 Å². The number of benzene rings is 2. The van der Waals surface area contributed by atoms with Crippen molar-refractivity contribution >= 4 is 46.6 Å². The fourth-order valence-electron chi connectivity index (χ4n) is 7.11. The molecule has 15 heteroatoms. The smallest absolute Gasteiger partial charge is 0.291 e. The van der Waals surface area contributed by atoms with Crippen LogP contribution >= 0.6 is 23.2 Å². The monoisotopic (exact) mass is 760 g/mol. The molecule has 1 atom stereocenters. The maximum atomic E-state index is 13.6. The Bertz CT molecular complexity index is 2030. The maximum absolute atomic E-state index is 13.6. The summed E-state index contributed by atoms with van der Waals surface area (Å²) >= 11 is 14.0. The third-order valence-corrected chi connectivity index (χ3v) is 10.8. The highest BCUT2D eigenvalue weighted by Gasteiger charge is 2.29. The van der Waals surface area contributed by atoms with Gasteiger partial charge < -0.3 is 34.9 Å². The molecule has 53 heavy (non-hydrogen) atoms. The summed E-state index contributed by atoms with van der Waals surface area (Å²) in [5, 5.41) is 10.0. The molecule has 3 aliphatic rings. The van der Waals surface area contributed by atoms with E-state index >= 15 is 0 Å². The van der Waals surface area contributed by atoms with E-state index in [1.165, 1.54) is 0 Å². The number of hydrogen-bond acceptors (Lipinski definition) is 9. The lowest BCUT2D eigenvalue weighted by Gasteiger charge is -2.31. The third-order valence-electron chi connectivity index (χ3n) is 10.1. The van der Waals surface area contributed by atoms with Gasteiger partial charge in [-0.05, 0) is 24.6 Å². The van der Waals surface area contributed by atoms with Gasteiger partial charge in [-0.3, -0.25) is 24.3 Å². The van der Waals surface area contributed by atoms with Gasteiger partial charge in [-0.25, -0.2) is 4.98 Å². The summed E-state index contributed by atoms with van der Waals surface area (Å²) in [6, 6.07) is 13.1. The lowest BCUT2D eigenvalue weighted by atomic mass is 10.0. The van der Waals surface area contributed by atoms with Crippen LogP contribution in [0.2, 0.25) is 10.0 Å². The molecule has 2 saturated heterocycles. The summed E-state index contributed by atoms with van der Waals surface area (Å²) in [6.07, 6.45) is 3.66. The quantitative estimate of drug-likeness (QED) is 0.204. The van der Waals surface area contributed by atoms with E-state index < -0.39 is 5.91 Å². The van der Waals surface area contributed by atoms with Crippen LogP contribution in [0.5, 0.6) is 5.75 Å². The standard InChI is InChI=1S/C38H42Cl2N8O5/c1-46-30-11-13-48(33(50)22-47-14-16-53-17-15-47)21-29(30)44-37(46)38(51)45-28-5-3-4-26(34(28)39)27-10-12-42-36(35(27)40)23-6-7-24(31(18-23)52-2)19-41-20-25-8-9-32(49)43-25/h3-7,10,12,18,25,41H,8-9,11,13-17,19-22H2,1-2H3,(H,43,49)(H,45,51)/t25-/m0/s1. The summed E-state index contributed by atoms with van der Waals surface area (Å²) in [4.78, 5) is 51.4. The van der Waals surface area contributed by atoms with Crippen LogP contribution in [0.4, 0.5) is 5.69 Å². The number of carbonyl (C=O) groups is 3. The topological polar surface area (TPSA) is 143 Å². The van der Waals surface area contributed by atoms with Gasteiger partial charge in [0, 0.05) is 92.8 Å². The van der Waals surface area contributed by atoms with Crippen LogP contribution < -0.4 is 20.7 Å². The lowest BCUT2D eigenvalue weighted by molar-refractivity contribution is -0.134. The second-order valence-electron chi connectivity index (χ2n) is 13.4. The molecular formula is C38H42Cl2N8O5. The number of anilines is 1. The predicted molar refractivity (Wildman–Crippen MR) is 202 cm³/mol. The highest BCUT2D eigenvalue weighted by atomic mass is 35.5. The van der Waals surface area contributed by atoms with Gasteiger partial charge in [-0.1, -0.05) is 47.5 Å². The van der Waals surface area contributed by atoms with Gasteiger partial charge in [-0.15, -0.1) is 0 Å². The molecule has 5 heterocycles. The molecule has 7 rings (SSSR count). The second-order valence-corrected chi connectivity index (χ2v) is 14.2. The first kappa shape index (κ1) is 36.8. The van der Waals surface area contributed by atoms with Gasteiger partial charge in [0.2, 0.25) is 11.8 Å². The molecule has 13 nitrogen and oxygen atoms in total. The zero-order chi connectivity index (χ0) is 37.1. The average molecular weight is 762 g/mol. The molecule has 278 valence electrons. The Morgan fingerprint density at radius 1 is 1.06 bits per heavy atom. The van der Waals surface area contributed by atoms with Crippen molar-refractivity contribution in [2.45, 2.75) is 38.4 Å². The second kappa shape index (κ2) is 16.2. The summed E-state index contributed by atoms with van der Waals surface area (Å²) in [5.41, 5.74) is 5.61. The summed E-state index contributed by atoms with van der Waals surface area (Å²) in [6.45, 7) is 5.25. The highest BCUT2D eigenvalue weighted by Crippen LogP contribution is 2.41. The number of nitrogens with zero attached hydrogens (tertiary/aromatic N) is 5. The molecule has 0 saturated carbocycles. The maximum Gasteiger partial charge on any atom is 0.291 e. The van der Waals surface area contributed by atoms with Gasteiger partial charge in [0.05, 0.1) is 60.5 Å². The van der Waals surface area contributed by atoms with Crippen LogP contribution in [0.3, 0.4) is 0 Å². The molecule has 0 aliphatic carbocycles. The van der Waals surface area contributed by atoms with E-state index in [0.29, 0.717) is 97.1 Å². The van der Waals surface area contributed by atoms with E-state index in [4.69, 9.17) is 32.7 Å². The van der Waals surface area contributed by atoms with E-state index in [0.717, 1.165) is 42.0 Å². The first-order valence-electron chi connectivity index (χ1n) is 17.7. The van der Waals surface area contributed by atoms with Crippen LogP contribution in [0.25, 0.3) is 22.4 Å². The Balaban J connectivity index is 1.05. The number of fused-ring (bicyclic) bond motifs is 1. The number of halogens is 2. The molecule has 0 radical (unpaired) electrons. The number of hydrogen-bond donors (Lipinski definition) is 3. The summed E-state index contributed by atoms with van der Waals surface area (Å²) in [7, 11) is 3.44. The van der Waals surface area contributed by atoms with Crippen molar-refractivity contribution in [3.05, 3.63) is 81.5 Å². The molecule has 2 aromatic carbocycles. The van der Waals surface area contributed by atoms with Gasteiger partial charge in [0.1, 0.15) is 5.75 Å². The average Bonchev–Trinajstić information content (AvgIpc) is 3.74. The molecule has 3 N–H and O–H groups in total. The molecule has 4 aromatic rings. The van der Waals surface area contributed by atoms with Crippen LogP contribution in [-0.4, -0.2) is 101 Å². The number of morpholine rings is 1. The Morgan fingerprint density at radius 2 is 1.87 bits per heavy atom. The number of nitrogens with one attached hydrogen (secondary N) is 3. The van der Waals surface area contributed by atoms with E-state index in [-0.39, 0.29) is 23.7 Å². The van der Waals surface area contributed by atoms with Crippen molar-refractivity contribution < 1.29 is 23.9 Å². The number of ether oxygens (including phenoxy) is 2. The van der Waals surface area contributed by atoms with Crippen molar-refractivity contribution in [3.63, 3.8) is 0 Å². The largest absolute Gasteiger partial charge is 0.496 e. The molecule has 3 amide bonds. The van der Waals surface area contributed by atoms with Gasteiger partial charge >= 0.3 is 0 Å². The zero-order valence-corrected chi connectivity index (χ0v) is 31.2. The first-order chi connectivity index (χ1) is 25.7. The molecule has 2 aromatic heterocycles. The predicted octanol–water partition coefficient (Wildman–Crippen LogP) is 4.30. The van der Waals surface area contributed by atoms with E-state index in [9.17, 15) is 14.4 Å². The summed E-state index contributed by atoms with van der Waals surface area (Å²) < 4.78 is 12.9. The number of amides is 3. The Morgan fingerprint density at radius 3 is 2.64 bits per heavy atom. The normalized spacial score (nSPS) is 17.4. The number of rotatable bonds is 11. The Hall–Kier alpha value is -4.53. The SMILES string of the molecule is COc1cc(-c2nccc(-c3cccc(NC(=O)c4nc5c(n4C)CCN(C(=O)CN4CCOCC4)C5)c3Cl)c2Cl)ccc1CNC[C@@H]1CCC(=O)N1. The van der Waals surface area contributed by atoms with Crippen molar-refractivity contribution in [1.82, 2.24) is 35.0 Å². The van der Waals surface area contributed by atoms with Crippen LogP contribution in [-0.2, 0) is 40.9 Å². The lowest BCUT2D eigenvalue weighted by Crippen LogP contribution is -2.46. The Kier molecular flexibility index (Phi) is 11.3. The minimum atomic E-state index is -0.414. The first-order valence-corrected chi connectivity index (χ1v) is 18.5. The van der Waals surface area contributed by atoms with Crippen molar-refractivity contribution in [2.24, 2.45) is 7.05 Å². The number of imidazole rings is 1. The molecule has 0 unspecified atom stereocenters. The fraction of sp³-hybridized carbons (Fsp3) is 0.395. The van der Waals surface area contributed by atoms with Gasteiger partial charge in [0.25, 0.3) is 5.91 Å². The minimum absolute atomic E-state index is 0.0485. The van der Waals surface area contributed by atoms with Gasteiger partial charge in [-0.2, -0.15) is 0 Å². The molecular weight excluding hydrogens is 719 g/mol. The molecule has 3 aliphatic heterocycles. The summed E-state index contributed by atoms with van der Waals surface area (Å²) in [5.74, 6) is 0.644. The van der Waals surface area contributed by atoms with Crippen molar-refractivity contribution in [2.75, 3.05) is 58.4 Å². The van der Waals surface area contributed by atoms with Crippen molar-refractivity contribution in [1.29, 1.82) is 0 Å². The molecule has 0 spiro atoms. The number of methoxy groups -OCH3 is 1. The fourth-order valence-corrected chi connectivity index (χ4v) is 7.71. The molecule has 0 bridgehead atoms. The Labute approximate surface area is 318 Å².